The zero-order valence-electron chi connectivity index (χ0n) is 6.36. The molecule has 1 heterocycles. The molecule has 0 aliphatic carbocycles. The Labute approximate surface area is 69.5 Å². The van der Waals surface area contributed by atoms with Gasteiger partial charge in [-0.25, -0.2) is 4.98 Å². The molecule has 0 atom stereocenters. The van der Waals surface area contributed by atoms with E-state index in [9.17, 15) is 5.11 Å². The summed E-state index contributed by atoms with van der Waals surface area (Å²) in [5.74, 6) is 0.238. The normalized spacial score (nSPS) is 10.3. The molecule has 0 spiro atoms. The number of fused-ring (bicyclic) bond motifs is 1. The number of nitrogens with two attached hydrogens (primary N) is 1. The summed E-state index contributed by atoms with van der Waals surface area (Å²) in [6.07, 6.45) is 1.64. The van der Waals surface area contributed by atoms with Crippen LogP contribution in [0.3, 0.4) is 0 Å². The van der Waals surface area contributed by atoms with E-state index in [1.54, 1.807) is 6.20 Å². The van der Waals surface area contributed by atoms with Gasteiger partial charge in [0.1, 0.15) is 0 Å². The SMILES string of the molecule is Nc1ncc2ccccc2c1O. The van der Waals surface area contributed by atoms with E-state index in [0.717, 1.165) is 10.8 Å². The molecule has 2 rings (SSSR count). The van der Waals surface area contributed by atoms with E-state index in [1.807, 2.05) is 24.3 Å². The predicted molar refractivity (Wildman–Crippen MR) is 47.8 cm³/mol. The van der Waals surface area contributed by atoms with Crippen LogP contribution in [0.15, 0.2) is 30.5 Å². The molecule has 3 nitrogen and oxygen atoms in total. The van der Waals surface area contributed by atoms with Crippen molar-refractivity contribution in [1.29, 1.82) is 0 Å². The standard InChI is InChI=1S/C9H8N2O/c10-9-8(12)7-4-2-1-3-6(7)5-11-9/h1-5,12H,(H2,10,11). The fourth-order valence-corrected chi connectivity index (χ4v) is 1.16. The molecule has 0 aliphatic heterocycles. The lowest BCUT2D eigenvalue weighted by Crippen LogP contribution is -1.90. The monoisotopic (exact) mass is 160 g/mol. The van der Waals surface area contributed by atoms with Gasteiger partial charge in [0.15, 0.2) is 11.6 Å². The first-order valence-electron chi connectivity index (χ1n) is 3.61. The molecular weight excluding hydrogens is 152 g/mol. The zero-order valence-corrected chi connectivity index (χ0v) is 6.36. The van der Waals surface area contributed by atoms with Crippen LogP contribution in [0.25, 0.3) is 10.8 Å². The van der Waals surface area contributed by atoms with Gasteiger partial charge in [0, 0.05) is 17.0 Å². The quantitative estimate of drug-likeness (QED) is 0.614. The number of nitrogen functional groups attached to an aromatic ring is 1. The molecule has 0 aliphatic rings. The van der Waals surface area contributed by atoms with E-state index in [-0.39, 0.29) is 11.6 Å². The largest absolute Gasteiger partial charge is 0.504 e. The molecule has 3 heteroatoms. The third-order valence-electron chi connectivity index (χ3n) is 1.80. The average molecular weight is 160 g/mol. The van der Waals surface area contributed by atoms with Crippen molar-refractivity contribution in [2.45, 2.75) is 0 Å². The first kappa shape index (κ1) is 6.91. The number of aromatic hydroxyl groups is 1. The third kappa shape index (κ3) is 0.871. The summed E-state index contributed by atoms with van der Waals surface area (Å²) in [7, 11) is 0. The maximum atomic E-state index is 9.47. The van der Waals surface area contributed by atoms with Gasteiger partial charge >= 0.3 is 0 Å². The Morgan fingerprint density at radius 3 is 2.83 bits per heavy atom. The highest BCUT2D eigenvalue weighted by Crippen LogP contribution is 2.27. The highest BCUT2D eigenvalue weighted by molar-refractivity contribution is 5.90. The lowest BCUT2D eigenvalue weighted by Gasteiger charge is -2.01. The van der Waals surface area contributed by atoms with Crippen LogP contribution in [0.2, 0.25) is 0 Å². The van der Waals surface area contributed by atoms with Crippen molar-refractivity contribution < 1.29 is 5.11 Å². The van der Waals surface area contributed by atoms with Gasteiger partial charge in [-0.1, -0.05) is 24.3 Å². The van der Waals surface area contributed by atoms with Crippen molar-refractivity contribution >= 4 is 16.6 Å². The maximum Gasteiger partial charge on any atom is 0.166 e. The molecule has 0 unspecified atom stereocenters. The first-order valence-corrected chi connectivity index (χ1v) is 3.61. The summed E-state index contributed by atoms with van der Waals surface area (Å²) >= 11 is 0. The van der Waals surface area contributed by atoms with Crippen LogP contribution in [0.1, 0.15) is 0 Å². The number of benzene rings is 1. The molecule has 2 aromatic rings. The summed E-state index contributed by atoms with van der Waals surface area (Å²) in [6, 6.07) is 7.42. The molecule has 0 saturated heterocycles. The summed E-state index contributed by atoms with van der Waals surface area (Å²) in [5, 5.41) is 11.1. The van der Waals surface area contributed by atoms with Gasteiger partial charge in [0.25, 0.3) is 0 Å². The molecule has 0 amide bonds. The highest BCUT2D eigenvalue weighted by Gasteiger charge is 2.02. The molecule has 0 fully saturated rings. The van der Waals surface area contributed by atoms with Gasteiger partial charge in [-0.15, -0.1) is 0 Å². The molecule has 0 radical (unpaired) electrons. The Hall–Kier alpha value is -1.77. The summed E-state index contributed by atoms with van der Waals surface area (Å²) < 4.78 is 0. The van der Waals surface area contributed by atoms with E-state index in [0.29, 0.717) is 0 Å². The Morgan fingerprint density at radius 1 is 1.25 bits per heavy atom. The number of aromatic nitrogens is 1. The van der Waals surface area contributed by atoms with E-state index in [4.69, 9.17) is 5.73 Å². The fraction of sp³-hybridized carbons (Fsp3) is 0. The smallest absolute Gasteiger partial charge is 0.166 e. The number of hydrogen-bond donors (Lipinski definition) is 2. The van der Waals surface area contributed by atoms with Crippen LogP contribution in [0.5, 0.6) is 5.75 Å². The molecule has 0 saturated carbocycles. The zero-order chi connectivity index (χ0) is 8.55. The Morgan fingerprint density at radius 2 is 2.00 bits per heavy atom. The van der Waals surface area contributed by atoms with Crippen LogP contribution in [0.4, 0.5) is 5.82 Å². The third-order valence-corrected chi connectivity index (χ3v) is 1.80. The van der Waals surface area contributed by atoms with Crippen LogP contribution in [-0.4, -0.2) is 10.1 Å². The Balaban J connectivity index is 2.91. The minimum atomic E-state index is 0.0631. The Kier molecular flexibility index (Phi) is 1.37. The molecule has 0 bridgehead atoms. The van der Waals surface area contributed by atoms with Crippen LogP contribution in [-0.2, 0) is 0 Å². The average Bonchev–Trinajstić information content (AvgIpc) is 2.12. The van der Waals surface area contributed by atoms with Gasteiger partial charge in [-0.3, -0.25) is 0 Å². The number of pyridine rings is 1. The predicted octanol–water partition coefficient (Wildman–Crippen LogP) is 1.52. The molecule has 1 aromatic carbocycles. The Bertz CT molecular complexity index is 426. The van der Waals surface area contributed by atoms with E-state index in [2.05, 4.69) is 4.98 Å². The van der Waals surface area contributed by atoms with Crippen LogP contribution >= 0.6 is 0 Å². The van der Waals surface area contributed by atoms with Crippen molar-refractivity contribution in [3.63, 3.8) is 0 Å². The number of rotatable bonds is 0. The minimum Gasteiger partial charge on any atom is -0.504 e. The van der Waals surface area contributed by atoms with Gasteiger partial charge in [-0.2, -0.15) is 0 Å². The number of hydrogen-bond acceptors (Lipinski definition) is 3. The van der Waals surface area contributed by atoms with Crippen molar-refractivity contribution in [2.75, 3.05) is 5.73 Å². The second-order valence-electron chi connectivity index (χ2n) is 2.58. The molecular formula is C9H8N2O. The molecule has 60 valence electrons. The van der Waals surface area contributed by atoms with Crippen molar-refractivity contribution in [2.24, 2.45) is 0 Å². The fourth-order valence-electron chi connectivity index (χ4n) is 1.16. The molecule has 3 N–H and O–H groups in total. The van der Waals surface area contributed by atoms with E-state index in [1.165, 1.54) is 0 Å². The van der Waals surface area contributed by atoms with Gasteiger partial charge in [0.2, 0.25) is 0 Å². The van der Waals surface area contributed by atoms with Crippen LogP contribution in [0, 0.1) is 0 Å². The highest BCUT2D eigenvalue weighted by atomic mass is 16.3. The van der Waals surface area contributed by atoms with Gasteiger partial charge in [-0.05, 0) is 0 Å². The number of nitrogens with zero attached hydrogens (tertiary/aromatic N) is 1. The van der Waals surface area contributed by atoms with Crippen molar-refractivity contribution in [3.05, 3.63) is 30.5 Å². The van der Waals surface area contributed by atoms with Crippen molar-refractivity contribution in [3.8, 4) is 5.75 Å². The maximum absolute atomic E-state index is 9.47. The topological polar surface area (TPSA) is 59.1 Å². The lowest BCUT2D eigenvalue weighted by molar-refractivity contribution is 0.482. The summed E-state index contributed by atoms with van der Waals surface area (Å²) in [4.78, 5) is 3.83. The lowest BCUT2D eigenvalue weighted by atomic mass is 10.1. The minimum absolute atomic E-state index is 0.0631. The molecule has 1 aromatic heterocycles. The van der Waals surface area contributed by atoms with E-state index < -0.39 is 0 Å². The summed E-state index contributed by atoms with van der Waals surface area (Å²) in [5.41, 5.74) is 5.42. The second kappa shape index (κ2) is 2.37. The van der Waals surface area contributed by atoms with Crippen LogP contribution < -0.4 is 5.73 Å². The van der Waals surface area contributed by atoms with Gasteiger partial charge in [0.05, 0.1) is 0 Å². The second-order valence-corrected chi connectivity index (χ2v) is 2.58. The first-order chi connectivity index (χ1) is 5.79. The molecule has 12 heavy (non-hydrogen) atoms. The van der Waals surface area contributed by atoms with E-state index >= 15 is 0 Å². The van der Waals surface area contributed by atoms with Crippen molar-refractivity contribution in [1.82, 2.24) is 4.98 Å². The number of anilines is 1. The summed E-state index contributed by atoms with van der Waals surface area (Å²) in [6.45, 7) is 0. The van der Waals surface area contributed by atoms with Gasteiger partial charge < -0.3 is 10.8 Å².